The maximum atomic E-state index is 13.1. The molecule has 0 unspecified atom stereocenters. The zero-order valence-electron chi connectivity index (χ0n) is 19.5. The van der Waals surface area contributed by atoms with Crippen LogP contribution >= 0.6 is 0 Å². The Morgan fingerprint density at radius 2 is 1.83 bits per heavy atom. The van der Waals surface area contributed by atoms with Crippen molar-refractivity contribution in [2.45, 2.75) is 18.7 Å². The van der Waals surface area contributed by atoms with Gasteiger partial charge in [-0.15, -0.1) is 0 Å². The Morgan fingerprint density at radius 3 is 2.51 bits per heavy atom. The van der Waals surface area contributed by atoms with Gasteiger partial charge in [0.05, 0.1) is 17.1 Å². The summed E-state index contributed by atoms with van der Waals surface area (Å²) in [6.07, 6.45) is 1.42. The third kappa shape index (κ3) is 4.37. The molecule has 2 N–H and O–H groups in total. The van der Waals surface area contributed by atoms with Crippen LogP contribution in [0.25, 0.3) is 21.9 Å². The Labute approximate surface area is 200 Å². The van der Waals surface area contributed by atoms with E-state index in [9.17, 15) is 22.8 Å². The van der Waals surface area contributed by atoms with Crippen LogP contribution in [0.4, 0.5) is 5.69 Å². The summed E-state index contributed by atoms with van der Waals surface area (Å²) in [4.78, 5) is 40.8. The Bertz CT molecular complexity index is 1600. The number of H-pyrrole nitrogens is 1. The molecule has 10 nitrogen and oxygen atoms in total. The number of sulfonamides is 1. The topological polar surface area (TPSA) is 139 Å². The minimum Gasteiger partial charge on any atom is -0.460 e. The van der Waals surface area contributed by atoms with Gasteiger partial charge in [-0.3, -0.25) is 14.3 Å². The van der Waals surface area contributed by atoms with Gasteiger partial charge in [0.25, 0.3) is 21.7 Å². The molecule has 0 bridgehead atoms. The lowest BCUT2D eigenvalue weighted by Gasteiger charge is -2.10. The molecule has 2 aromatic carbocycles. The molecule has 0 spiro atoms. The Kier molecular flexibility index (Phi) is 6.12. The third-order valence-electron chi connectivity index (χ3n) is 5.46. The van der Waals surface area contributed by atoms with Crippen LogP contribution in [0.2, 0.25) is 0 Å². The molecule has 182 valence electrons. The summed E-state index contributed by atoms with van der Waals surface area (Å²) in [5, 5.41) is 0.873. The Hall–Kier alpha value is -4.12. The number of furan rings is 1. The maximum absolute atomic E-state index is 13.1. The number of carbonyl (C=O) groups is 3. The standard InChI is InChI=1S/C24H23N3O7S/c1-5-33-24(30)22-13(2)16-11-15(7-9-20(16)34-22)35(31,32)26-14-6-8-19-17(10-14)18(12-25-19)21(28)23(29)27(3)4/h6-12,25-26H,5H2,1-4H3. The van der Waals surface area contributed by atoms with E-state index >= 15 is 0 Å². The van der Waals surface area contributed by atoms with Gasteiger partial charge in [0.1, 0.15) is 5.58 Å². The predicted octanol–water partition coefficient (Wildman–Crippen LogP) is 3.47. The van der Waals surface area contributed by atoms with E-state index < -0.39 is 27.7 Å². The van der Waals surface area contributed by atoms with E-state index in [0.29, 0.717) is 27.4 Å². The number of aromatic nitrogens is 1. The van der Waals surface area contributed by atoms with Gasteiger partial charge in [-0.2, -0.15) is 0 Å². The number of fused-ring (bicyclic) bond motifs is 2. The number of anilines is 1. The molecule has 4 aromatic rings. The normalized spacial score (nSPS) is 11.5. The summed E-state index contributed by atoms with van der Waals surface area (Å²) in [6, 6.07) is 8.89. The van der Waals surface area contributed by atoms with Crippen molar-refractivity contribution in [3.05, 3.63) is 59.5 Å². The van der Waals surface area contributed by atoms with Gasteiger partial charge < -0.3 is 19.0 Å². The number of ether oxygens (including phenoxy) is 1. The lowest BCUT2D eigenvalue weighted by Crippen LogP contribution is -2.29. The Balaban J connectivity index is 1.68. The zero-order valence-corrected chi connectivity index (χ0v) is 20.3. The summed E-state index contributed by atoms with van der Waals surface area (Å²) in [5.74, 6) is -2.00. The molecule has 0 fully saturated rings. The highest BCUT2D eigenvalue weighted by atomic mass is 32.2. The second-order valence-electron chi connectivity index (χ2n) is 8.03. The molecule has 0 aliphatic rings. The van der Waals surface area contributed by atoms with Gasteiger partial charge in [-0.1, -0.05) is 0 Å². The van der Waals surface area contributed by atoms with E-state index in [4.69, 9.17) is 9.15 Å². The van der Waals surface area contributed by atoms with E-state index in [0.717, 1.165) is 0 Å². The van der Waals surface area contributed by atoms with Crippen molar-refractivity contribution in [1.29, 1.82) is 0 Å². The second kappa shape index (κ2) is 8.91. The number of rotatable bonds is 7. The smallest absolute Gasteiger partial charge is 0.374 e. The van der Waals surface area contributed by atoms with Crippen LogP contribution in [-0.4, -0.2) is 56.7 Å². The van der Waals surface area contributed by atoms with Crippen LogP contribution in [0.1, 0.15) is 33.4 Å². The molecular formula is C24H23N3O7S. The van der Waals surface area contributed by atoms with Gasteiger partial charge in [0, 0.05) is 47.8 Å². The average molecular weight is 498 g/mol. The molecule has 0 radical (unpaired) electrons. The molecule has 0 atom stereocenters. The fraction of sp³-hybridized carbons (Fsp3) is 0.208. The van der Waals surface area contributed by atoms with Crippen LogP contribution < -0.4 is 4.72 Å². The Morgan fingerprint density at radius 1 is 1.09 bits per heavy atom. The number of benzene rings is 2. The molecule has 0 saturated heterocycles. The minimum atomic E-state index is -4.04. The summed E-state index contributed by atoms with van der Waals surface area (Å²) >= 11 is 0. The fourth-order valence-electron chi connectivity index (χ4n) is 3.66. The maximum Gasteiger partial charge on any atom is 0.374 e. The molecule has 0 aliphatic heterocycles. The number of esters is 1. The number of amides is 1. The van der Waals surface area contributed by atoms with Crippen molar-refractivity contribution >= 4 is 55.2 Å². The van der Waals surface area contributed by atoms with Gasteiger partial charge >= 0.3 is 5.97 Å². The first-order chi connectivity index (χ1) is 16.5. The molecule has 35 heavy (non-hydrogen) atoms. The van der Waals surface area contributed by atoms with Crippen LogP contribution in [0.3, 0.4) is 0 Å². The molecule has 2 heterocycles. The summed E-state index contributed by atoms with van der Waals surface area (Å²) < 4.78 is 39.3. The number of ketones is 1. The van der Waals surface area contributed by atoms with E-state index in [1.54, 1.807) is 26.0 Å². The first-order valence-electron chi connectivity index (χ1n) is 10.6. The van der Waals surface area contributed by atoms with Crippen molar-refractivity contribution in [1.82, 2.24) is 9.88 Å². The summed E-state index contributed by atoms with van der Waals surface area (Å²) in [6.45, 7) is 3.51. The van der Waals surface area contributed by atoms with Crippen molar-refractivity contribution in [3.8, 4) is 0 Å². The summed E-state index contributed by atoms with van der Waals surface area (Å²) in [7, 11) is -1.09. The van der Waals surface area contributed by atoms with Crippen molar-refractivity contribution in [3.63, 3.8) is 0 Å². The SMILES string of the molecule is CCOC(=O)c1oc2ccc(S(=O)(=O)Nc3ccc4[nH]cc(C(=O)C(=O)N(C)C)c4c3)cc2c1C. The van der Waals surface area contributed by atoms with Gasteiger partial charge in [0.15, 0.2) is 0 Å². The molecule has 11 heteroatoms. The van der Waals surface area contributed by atoms with Crippen LogP contribution in [0, 0.1) is 6.92 Å². The molecule has 0 saturated carbocycles. The number of hydrogen-bond donors (Lipinski definition) is 2. The molecule has 0 aliphatic carbocycles. The van der Waals surface area contributed by atoms with Crippen molar-refractivity contribution in [2.24, 2.45) is 0 Å². The summed E-state index contributed by atoms with van der Waals surface area (Å²) in [5.41, 5.74) is 1.75. The first kappa shape index (κ1) is 24.0. The fourth-order valence-corrected chi connectivity index (χ4v) is 4.74. The van der Waals surface area contributed by atoms with Crippen LogP contribution in [0.15, 0.2) is 51.9 Å². The van der Waals surface area contributed by atoms with Gasteiger partial charge in [0.2, 0.25) is 5.76 Å². The highest BCUT2D eigenvalue weighted by Gasteiger charge is 2.24. The molecule has 2 aromatic heterocycles. The quantitative estimate of drug-likeness (QED) is 0.226. The number of aromatic amines is 1. The number of aryl methyl sites for hydroxylation is 1. The number of carbonyl (C=O) groups excluding carboxylic acids is 3. The zero-order chi connectivity index (χ0) is 25.5. The number of nitrogens with zero attached hydrogens (tertiary/aromatic N) is 1. The third-order valence-corrected chi connectivity index (χ3v) is 6.84. The second-order valence-corrected chi connectivity index (χ2v) is 9.71. The monoisotopic (exact) mass is 497 g/mol. The van der Waals surface area contributed by atoms with E-state index in [-0.39, 0.29) is 28.5 Å². The minimum absolute atomic E-state index is 0.0201. The van der Waals surface area contributed by atoms with E-state index in [1.807, 2.05) is 0 Å². The first-order valence-corrected chi connectivity index (χ1v) is 12.1. The average Bonchev–Trinajstić information content (AvgIpc) is 3.38. The van der Waals surface area contributed by atoms with E-state index in [1.165, 1.54) is 49.5 Å². The number of hydrogen-bond acceptors (Lipinski definition) is 7. The lowest BCUT2D eigenvalue weighted by atomic mass is 10.1. The van der Waals surface area contributed by atoms with Crippen molar-refractivity contribution in [2.75, 3.05) is 25.4 Å². The number of Topliss-reactive ketones (excluding diaryl/α,β-unsaturated/α-hetero) is 1. The largest absolute Gasteiger partial charge is 0.460 e. The van der Waals surface area contributed by atoms with Crippen LogP contribution in [0.5, 0.6) is 0 Å². The highest BCUT2D eigenvalue weighted by Crippen LogP contribution is 2.30. The molecular weight excluding hydrogens is 474 g/mol. The lowest BCUT2D eigenvalue weighted by molar-refractivity contribution is -0.124. The van der Waals surface area contributed by atoms with Gasteiger partial charge in [-0.05, 0) is 50.2 Å². The highest BCUT2D eigenvalue weighted by molar-refractivity contribution is 7.92. The predicted molar refractivity (Wildman–Crippen MR) is 129 cm³/mol. The van der Waals surface area contributed by atoms with E-state index in [2.05, 4.69) is 9.71 Å². The number of nitrogens with one attached hydrogen (secondary N) is 2. The van der Waals surface area contributed by atoms with Crippen LogP contribution in [-0.2, 0) is 19.6 Å². The number of likely N-dealkylation sites (N-methyl/N-ethyl adjacent to an activating group) is 1. The van der Waals surface area contributed by atoms with Gasteiger partial charge in [-0.25, -0.2) is 13.2 Å². The van der Waals surface area contributed by atoms with Crippen molar-refractivity contribution < 1.29 is 32.0 Å². The molecule has 4 rings (SSSR count). The molecule has 1 amide bonds.